The van der Waals surface area contributed by atoms with Crippen LogP contribution in [0, 0.1) is 0 Å². The van der Waals surface area contributed by atoms with Gasteiger partial charge in [-0.2, -0.15) is 0 Å². The number of hydrogen-bond donors (Lipinski definition) is 1. The van der Waals surface area contributed by atoms with Crippen molar-refractivity contribution in [3.8, 4) is 17.2 Å². The predicted molar refractivity (Wildman–Crippen MR) is 75.5 cm³/mol. The molecule has 0 aromatic heterocycles. The van der Waals surface area contributed by atoms with Gasteiger partial charge in [0, 0.05) is 12.1 Å². The molecule has 9 heteroatoms. The van der Waals surface area contributed by atoms with E-state index in [1.165, 1.54) is 33.5 Å². The van der Waals surface area contributed by atoms with Crippen LogP contribution in [0.25, 0.3) is 0 Å². The fourth-order valence-electron chi connectivity index (χ4n) is 2.11. The van der Waals surface area contributed by atoms with Crippen LogP contribution in [0.2, 0.25) is 0 Å². The zero-order valence-corrected chi connectivity index (χ0v) is 13.0. The summed E-state index contributed by atoms with van der Waals surface area (Å²) in [5.74, 6) is -2.67. The Morgan fingerprint density at radius 2 is 1.73 bits per heavy atom. The normalized spacial score (nSPS) is 19.3. The van der Waals surface area contributed by atoms with Gasteiger partial charge >= 0.3 is 12.0 Å². The Kier molecular flexibility index (Phi) is 5.65. The lowest BCUT2D eigenvalue weighted by molar-refractivity contribution is -0.105. The highest BCUT2D eigenvalue weighted by Gasteiger charge is 2.49. The molecule has 6 nitrogen and oxygen atoms in total. The first-order chi connectivity index (χ1) is 9.92. The van der Waals surface area contributed by atoms with Crippen molar-refractivity contribution in [2.75, 3.05) is 27.9 Å². The van der Waals surface area contributed by atoms with E-state index in [2.05, 4.69) is 10.1 Å². The molecule has 0 unspecified atom stereocenters. The highest BCUT2D eigenvalue weighted by Crippen LogP contribution is 2.45. The molecule has 1 aromatic rings. The second kappa shape index (κ2) is 6.87. The Balaban J connectivity index is 0.00000242. The van der Waals surface area contributed by atoms with E-state index >= 15 is 0 Å². The first-order valence-electron chi connectivity index (χ1n) is 6.04. The first-order valence-corrected chi connectivity index (χ1v) is 6.04. The lowest BCUT2D eigenvalue weighted by Gasteiger charge is -2.33. The average molecular weight is 340 g/mol. The van der Waals surface area contributed by atoms with Gasteiger partial charge in [0.15, 0.2) is 6.61 Å². The maximum Gasteiger partial charge on any atom is 0.408 e. The van der Waals surface area contributed by atoms with Gasteiger partial charge in [-0.1, -0.05) is 0 Å². The number of halogens is 3. The van der Waals surface area contributed by atoms with Gasteiger partial charge in [0.05, 0.1) is 26.9 Å². The third-order valence-corrected chi connectivity index (χ3v) is 3.12. The van der Waals surface area contributed by atoms with Crippen molar-refractivity contribution in [1.82, 2.24) is 5.32 Å². The standard InChI is InChI=1S/C13H15F2NO5.ClH/c1-18-7-4-8(19-2)10(9(5-7)20-3)11-13(14,15)6-21-12(17)16-11;/h4-5,11H,6H2,1-3H3,(H,16,17);1H/t11-;/m0./s1. The Bertz CT molecular complexity index is 530. The summed E-state index contributed by atoms with van der Waals surface area (Å²) in [6.07, 6.45) is -0.925. The third-order valence-electron chi connectivity index (χ3n) is 3.12. The number of carbonyl (C=O) groups is 1. The van der Waals surface area contributed by atoms with E-state index in [0.717, 1.165) is 0 Å². The monoisotopic (exact) mass is 339 g/mol. The van der Waals surface area contributed by atoms with E-state index in [4.69, 9.17) is 14.2 Å². The molecule has 1 fully saturated rings. The fraction of sp³-hybridized carbons (Fsp3) is 0.462. The summed E-state index contributed by atoms with van der Waals surface area (Å²) >= 11 is 0. The minimum absolute atomic E-state index is 0. The van der Waals surface area contributed by atoms with Crippen molar-refractivity contribution in [2.45, 2.75) is 12.0 Å². The van der Waals surface area contributed by atoms with Crippen molar-refractivity contribution in [2.24, 2.45) is 0 Å². The van der Waals surface area contributed by atoms with Crippen LogP contribution in [0.3, 0.4) is 0 Å². The van der Waals surface area contributed by atoms with Crippen molar-refractivity contribution in [1.29, 1.82) is 0 Å². The molecule has 1 aliphatic heterocycles. The second-order valence-corrected chi connectivity index (χ2v) is 4.36. The average Bonchev–Trinajstić information content (AvgIpc) is 2.48. The van der Waals surface area contributed by atoms with Crippen LogP contribution in [0.4, 0.5) is 13.6 Å². The van der Waals surface area contributed by atoms with E-state index in [9.17, 15) is 13.6 Å². The number of alkyl carbamates (subject to hydrolysis) is 1. The Labute approximate surface area is 132 Å². The van der Waals surface area contributed by atoms with Crippen LogP contribution < -0.4 is 19.5 Å². The van der Waals surface area contributed by atoms with E-state index in [1.54, 1.807) is 0 Å². The topological polar surface area (TPSA) is 66.0 Å². The van der Waals surface area contributed by atoms with Crippen molar-refractivity contribution in [3.05, 3.63) is 17.7 Å². The highest BCUT2D eigenvalue weighted by molar-refractivity contribution is 5.85. The molecular formula is C13H16ClF2NO5. The molecule has 0 spiro atoms. The van der Waals surface area contributed by atoms with E-state index in [0.29, 0.717) is 5.75 Å². The molecule has 0 aliphatic carbocycles. The summed E-state index contributed by atoms with van der Waals surface area (Å²) in [4.78, 5) is 11.3. The third kappa shape index (κ3) is 3.27. The molecule has 1 N–H and O–H groups in total. The number of amides is 1. The van der Waals surface area contributed by atoms with E-state index in [1.807, 2.05) is 0 Å². The van der Waals surface area contributed by atoms with E-state index in [-0.39, 0.29) is 29.5 Å². The summed E-state index contributed by atoms with van der Waals surface area (Å²) in [5, 5.41) is 2.10. The summed E-state index contributed by atoms with van der Waals surface area (Å²) in [5.41, 5.74) is 0.0300. The number of rotatable bonds is 4. The summed E-state index contributed by atoms with van der Waals surface area (Å²) < 4.78 is 47.8. The van der Waals surface area contributed by atoms with Gasteiger partial charge in [-0.15, -0.1) is 12.4 Å². The minimum atomic E-state index is -3.30. The van der Waals surface area contributed by atoms with Gasteiger partial charge in [0.2, 0.25) is 0 Å². The van der Waals surface area contributed by atoms with Gasteiger partial charge in [0.25, 0.3) is 0 Å². The molecule has 1 heterocycles. The van der Waals surface area contributed by atoms with Crippen LogP contribution in [0.5, 0.6) is 17.2 Å². The zero-order chi connectivity index (χ0) is 15.6. The van der Waals surface area contributed by atoms with Crippen molar-refractivity contribution < 1.29 is 32.5 Å². The molecule has 0 bridgehead atoms. The van der Waals surface area contributed by atoms with Gasteiger partial charge in [-0.3, -0.25) is 0 Å². The number of benzene rings is 1. The van der Waals surface area contributed by atoms with E-state index < -0.39 is 24.7 Å². The van der Waals surface area contributed by atoms with Crippen LogP contribution in [0.1, 0.15) is 11.6 Å². The number of cyclic esters (lactones) is 1. The molecular weight excluding hydrogens is 324 g/mol. The second-order valence-electron chi connectivity index (χ2n) is 4.36. The summed E-state index contributed by atoms with van der Waals surface area (Å²) in [6.45, 7) is -1.01. The lowest BCUT2D eigenvalue weighted by atomic mass is 9.97. The number of methoxy groups -OCH3 is 3. The Hall–Kier alpha value is -1.96. The highest BCUT2D eigenvalue weighted by atomic mass is 35.5. The Morgan fingerprint density at radius 1 is 1.18 bits per heavy atom. The SMILES string of the molecule is COc1cc(OC)c([C@@H]2NC(=O)OCC2(F)F)c(OC)c1.Cl. The number of ether oxygens (including phenoxy) is 4. The zero-order valence-electron chi connectivity index (χ0n) is 12.1. The van der Waals surface area contributed by atoms with Gasteiger partial charge < -0.3 is 24.3 Å². The number of alkyl halides is 2. The Morgan fingerprint density at radius 3 is 2.18 bits per heavy atom. The number of hydrogen-bond acceptors (Lipinski definition) is 5. The van der Waals surface area contributed by atoms with Crippen LogP contribution in [-0.4, -0.2) is 40.0 Å². The van der Waals surface area contributed by atoms with Crippen LogP contribution in [-0.2, 0) is 4.74 Å². The molecule has 0 saturated carbocycles. The van der Waals surface area contributed by atoms with Crippen molar-refractivity contribution >= 4 is 18.5 Å². The summed E-state index contributed by atoms with van der Waals surface area (Å²) in [6, 6.07) is 1.26. The molecule has 124 valence electrons. The number of carbonyl (C=O) groups excluding carboxylic acids is 1. The van der Waals surface area contributed by atoms with Gasteiger partial charge in [-0.05, 0) is 0 Å². The quantitative estimate of drug-likeness (QED) is 0.913. The fourth-order valence-corrected chi connectivity index (χ4v) is 2.11. The smallest absolute Gasteiger partial charge is 0.408 e. The lowest BCUT2D eigenvalue weighted by Crippen LogP contribution is -2.49. The summed E-state index contributed by atoms with van der Waals surface area (Å²) in [7, 11) is 4.09. The van der Waals surface area contributed by atoms with Crippen LogP contribution in [0.15, 0.2) is 12.1 Å². The largest absolute Gasteiger partial charge is 0.496 e. The first kappa shape index (κ1) is 18.1. The number of nitrogens with one attached hydrogen (secondary N) is 1. The molecule has 1 amide bonds. The van der Waals surface area contributed by atoms with Gasteiger partial charge in [-0.25, -0.2) is 13.6 Å². The molecule has 1 aliphatic rings. The maximum absolute atomic E-state index is 14.1. The molecule has 0 radical (unpaired) electrons. The maximum atomic E-state index is 14.1. The molecule has 1 saturated heterocycles. The van der Waals surface area contributed by atoms with Crippen molar-refractivity contribution in [3.63, 3.8) is 0 Å². The molecule has 22 heavy (non-hydrogen) atoms. The van der Waals surface area contributed by atoms with Gasteiger partial charge in [0.1, 0.15) is 23.3 Å². The van der Waals surface area contributed by atoms with Crippen LogP contribution >= 0.6 is 12.4 Å². The molecule has 1 aromatic carbocycles. The predicted octanol–water partition coefficient (Wildman–Crippen LogP) is 2.55. The molecule has 1 atom stereocenters. The molecule has 2 rings (SSSR count). The minimum Gasteiger partial charge on any atom is -0.496 e.